The number of carbonyl (C=O) groups excluding carboxylic acids is 1. The van der Waals surface area contributed by atoms with Crippen LogP contribution in [0.3, 0.4) is 0 Å². The second kappa shape index (κ2) is 5.29. The van der Waals surface area contributed by atoms with Gasteiger partial charge in [-0.15, -0.1) is 11.6 Å². The van der Waals surface area contributed by atoms with Crippen molar-refractivity contribution >= 4 is 49.4 Å². The van der Waals surface area contributed by atoms with Gasteiger partial charge < -0.3 is 5.32 Å². The van der Waals surface area contributed by atoms with Crippen LogP contribution in [0.4, 0.5) is 0 Å². The smallest absolute Gasteiger partial charge is 0.252 e. The molecule has 0 heterocycles. The van der Waals surface area contributed by atoms with Crippen molar-refractivity contribution in [3.8, 4) is 0 Å². The van der Waals surface area contributed by atoms with Gasteiger partial charge in [-0.1, -0.05) is 15.9 Å². The number of hydrogen-bond donors (Lipinski definition) is 1. The molecule has 1 aromatic rings. The molecule has 1 aromatic carbocycles. The van der Waals surface area contributed by atoms with E-state index < -0.39 is 0 Å². The molecule has 1 aliphatic carbocycles. The lowest BCUT2D eigenvalue weighted by Gasteiger charge is -2.13. The lowest BCUT2D eigenvalue weighted by atomic mass is 10.1. The third-order valence-electron chi connectivity index (χ3n) is 3.04. The Morgan fingerprint density at radius 1 is 1.41 bits per heavy atom. The van der Waals surface area contributed by atoms with Crippen molar-refractivity contribution in [1.29, 1.82) is 0 Å². The van der Waals surface area contributed by atoms with E-state index in [2.05, 4.69) is 37.2 Å². The van der Waals surface area contributed by atoms with Crippen molar-refractivity contribution in [2.45, 2.75) is 12.8 Å². The van der Waals surface area contributed by atoms with Gasteiger partial charge in [0, 0.05) is 26.8 Å². The number of hydrogen-bond acceptors (Lipinski definition) is 1. The molecule has 1 N–H and O–H groups in total. The van der Waals surface area contributed by atoms with Gasteiger partial charge in [0.15, 0.2) is 0 Å². The van der Waals surface area contributed by atoms with Gasteiger partial charge in [0.05, 0.1) is 5.56 Å². The predicted octanol–water partition coefficient (Wildman–Crippen LogP) is 3.96. The molecule has 0 atom stereocenters. The fourth-order valence-corrected chi connectivity index (χ4v) is 3.16. The quantitative estimate of drug-likeness (QED) is 0.786. The fourth-order valence-electron chi connectivity index (χ4n) is 1.57. The van der Waals surface area contributed by atoms with Crippen LogP contribution in [0.15, 0.2) is 27.1 Å². The van der Waals surface area contributed by atoms with Crippen LogP contribution in [-0.2, 0) is 0 Å². The van der Waals surface area contributed by atoms with E-state index in [9.17, 15) is 4.79 Å². The van der Waals surface area contributed by atoms with Crippen LogP contribution in [0.1, 0.15) is 23.2 Å². The molecule has 0 aliphatic heterocycles. The van der Waals surface area contributed by atoms with E-state index in [0.29, 0.717) is 18.0 Å². The van der Waals surface area contributed by atoms with Crippen LogP contribution < -0.4 is 5.32 Å². The molecule has 92 valence electrons. The number of amides is 1. The first kappa shape index (κ1) is 13.4. The summed E-state index contributed by atoms with van der Waals surface area (Å²) in [6.07, 6.45) is 2.22. The van der Waals surface area contributed by atoms with Crippen molar-refractivity contribution in [3.63, 3.8) is 0 Å². The van der Waals surface area contributed by atoms with E-state index in [1.54, 1.807) is 6.07 Å². The molecule has 0 aromatic heterocycles. The fraction of sp³-hybridized carbons (Fsp3) is 0.417. The summed E-state index contributed by atoms with van der Waals surface area (Å²) in [6.45, 7) is 0.665. The molecule has 0 radical (unpaired) electrons. The first-order valence-corrected chi connectivity index (χ1v) is 7.48. The first-order chi connectivity index (χ1) is 8.06. The van der Waals surface area contributed by atoms with Crippen LogP contribution in [-0.4, -0.2) is 18.3 Å². The minimum Gasteiger partial charge on any atom is -0.351 e. The highest BCUT2D eigenvalue weighted by atomic mass is 79.9. The highest BCUT2D eigenvalue weighted by molar-refractivity contribution is 9.11. The summed E-state index contributed by atoms with van der Waals surface area (Å²) in [5.74, 6) is 0.565. The largest absolute Gasteiger partial charge is 0.351 e. The third kappa shape index (κ3) is 3.24. The Balaban J connectivity index is 2.00. The molecule has 5 heteroatoms. The van der Waals surface area contributed by atoms with Crippen molar-refractivity contribution in [2.75, 3.05) is 12.4 Å². The molecule has 1 amide bonds. The predicted molar refractivity (Wildman–Crippen MR) is 76.6 cm³/mol. The summed E-state index contributed by atoms with van der Waals surface area (Å²) < 4.78 is 1.74. The van der Waals surface area contributed by atoms with Gasteiger partial charge >= 0.3 is 0 Å². The van der Waals surface area contributed by atoms with Crippen LogP contribution in [0.25, 0.3) is 0 Å². The highest BCUT2D eigenvalue weighted by Crippen LogP contribution is 2.45. The molecule has 0 bridgehead atoms. The molecule has 2 nitrogen and oxygen atoms in total. The zero-order chi connectivity index (χ0) is 12.5. The van der Waals surface area contributed by atoms with Gasteiger partial charge in [-0.3, -0.25) is 4.79 Å². The maximum absolute atomic E-state index is 12.0. The lowest BCUT2D eigenvalue weighted by Crippen LogP contribution is -2.31. The Bertz CT molecular complexity index is 446. The van der Waals surface area contributed by atoms with Crippen LogP contribution >= 0.6 is 43.5 Å². The Kier molecular flexibility index (Phi) is 4.16. The second-order valence-corrected chi connectivity index (χ2v) is 6.48. The van der Waals surface area contributed by atoms with Crippen molar-refractivity contribution in [3.05, 3.63) is 32.7 Å². The number of nitrogens with one attached hydrogen (secondary N) is 1. The van der Waals surface area contributed by atoms with Gasteiger partial charge in [0.25, 0.3) is 5.91 Å². The van der Waals surface area contributed by atoms with Crippen LogP contribution in [0.2, 0.25) is 0 Å². The number of carbonyl (C=O) groups is 1. The van der Waals surface area contributed by atoms with Crippen LogP contribution in [0, 0.1) is 5.41 Å². The van der Waals surface area contributed by atoms with Gasteiger partial charge in [-0.25, -0.2) is 0 Å². The van der Waals surface area contributed by atoms with Gasteiger partial charge in [0.2, 0.25) is 0 Å². The van der Waals surface area contributed by atoms with E-state index in [1.807, 2.05) is 12.1 Å². The molecule has 0 spiro atoms. The molecule has 1 aliphatic rings. The van der Waals surface area contributed by atoms with Gasteiger partial charge in [0.1, 0.15) is 0 Å². The Morgan fingerprint density at radius 3 is 2.65 bits per heavy atom. The summed E-state index contributed by atoms with van der Waals surface area (Å²) in [5.41, 5.74) is 0.803. The number of benzene rings is 1. The van der Waals surface area contributed by atoms with Crippen LogP contribution in [0.5, 0.6) is 0 Å². The molecule has 2 rings (SSSR count). The summed E-state index contributed by atoms with van der Waals surface area (Å²) >= 11 is 12.6. The minimum atomic E-state index is -0.0548. The van der Waals surface area contributed by atoms with E-state index in [-0.39, 0.29) is 11.3 Å². The zero-order valence-electron chi connectivity index (χ0n) is 9.10. The van der Waals surface area contributed by atoms with Gasteiger partial charge in [-0.2, -0.15) is 0 Å². The topological polar surface area (TPSA) is 29.1 Å². The second-order valence-electron chi connectivity index (χ2n) is 4.44. The Morgan fingerprint density at radius 2 is 2.12 bits per heavy atom. The number of alkyl halides is 1. The number of rotatable bonds is 4. The highest BCUT2D eigenvalue weighted by Gasteiger charge is 2.41. The summed E-state index contributed by atoms with van der Waals surface area (Å²) in [5, 5.41) is 2.94. The number of halogens is 3. The SMILES string of the molecule is O=C(NCC1(CCl)CC1)c1ccc(Br)cc1Br. The molecule has 17 heavy (non-hydrogen) atoms. The molecule has 0 unspecified atom stereocenters. The molecular formula is C12H12Br2ClNO. The van der Waals surface area contributed by atoms with E-state index >= 15 is 0 Å². The summed E-state index contributed by atoms with van der Waals surface area (Å²) in [4.78, 5) is 12.0. The average Bonchev–Trinajstić information content (AvgIpc) is 3.07. The maximum Gasteiger partial charge on any atom is 0.252 e. The van der Waals surface area contributed by atoms with Crippen molar-refractivity contribution < 1.29 is 4.79 Å². The monoisotopic (exact) mass is 379 g/mol. The molecule has 0 saturated heterocycles. The lowest BCUT2D eigenvalue weighted by molar-refractivity contribution is 0.0945. The average molecular weight is 381 g/mol. The first-order valence-electron chi connectivity index (χ1n) is 5.36. The molecular weight excluding hydrogens is 369 g/mol. The molecule has 1 saturated carbocycles. The Hall–Kier alpha value is -0.0600. The minimum absolute atomic E-state index is 0.0548. The maximum atomic E-state index is 12.0. The molecule has 1 fully saturated rings. The van der Waals surface area contributed by atoms with E-state index in [4.69, 9.17) is 11.6 Å². The normalized spacial score (nSPS) is 16.6. The van der Waals surface area contributed by atoms with Crippen molar-refractivity contribution in [1.82, 2.24) is 5.32 Å². The summed E-state index contributed by atoms with van der Waals surface area (Å²) in [6, 6.07) is 5.52. The van der Waals surface area contributed by atoms with Gasteiger partial charge in [-0.05, 0) is 47.0 Å². The van der Waals surface area contributed by atoms with E-state index in [1.165, 1.54) is 0 Å². The Labute approximate surface area is 122 Å². The third-order valence-corrected chi connectivity index (χ3v) is 4.76. The standard InChI is InChI=1S/C12H12Br2ClNO/c13-8-1-2-9(10(14)5-8)11(17)16-7-12(6-15)3-4-12/h1-2,5H,3-4,6-7H2,(H,16,17). The van der Waals surface area contributed by atoms with Crippen molar-refractivity contribution in [2.24, 2.45) is 5.41 Å². The summed E-state index contributed by atoms with van der Waals surface area (Å²) in [7, 11) is 0. The zero-order valence-corrected chi connectivity index (χ0v) is 13.0. The van der Waals surface area contributed by atoms with E-state index in [0.717, 1.165) is 21.8 Å².